The molecule has 0 saturated carbocycles. The van der Waals surface area contributed by atoms with Gasteiger partial charge in [0.1, 0.15) is 0 Å². The smallest absolute Gasteiger partial charge is 0.0671 e. The van der Waals surface area contributed by atoms with E-state index in [-0.39, 0.29) is 6.10 Å². The molecule has 0 aliphatic rings. The molecule has 1 aromatic carbocycles. The van der Waals surface area contributed by atoms with Crippen LogP contribution < -0.4 is 0 Å². The van der Waals surface area contributed by atoms with Crippen LogP contribution in [0.1, 0.15) is 19.4 Å². The van der Waals surface area contributed by atoms with Gasteiger partial charge in [-0.1, -0.05) is 48.0 Å². The summed E-state index contributed by atoms with van der Waals surface area (Å²) < 4.78 is 1.08. The van der Waals surface area contributed by atoms with Crippen molar-refractivity contribution in [3.63, 3.8) is 0 Å². The van der Waals surface area contributed by atoms with Gasteiger partial charge in [-0.25, -0.2) is 0 Å². The minimum absolute atomic E-state index is 0.254. The molecule has 0 aliphatic carbocycles. The molecule has 0 fully saturated rings. The third-order valence-corrected chi connectivity index (χ3v) is 4.05. The lowest BCUT2D eigenvalue weighted by molar-refractivity contribution is 0.200. The quantitative estimate of drug-likeness (QED) is 0.895. The normalized spacial score (nSPS) is 13.1. The molecule has 1 N–H and O–H groups in total. The highest BCUT2D eigenvalue weighted by atomic mass is 79.9. The van der Waals surface area contributed by atoms with Crippen molar-refractivity contribution in [2.24, 2.45) is 0 Å². The van der Waals surface area contributed by atoms with Crippen molar-refractivity contribution in [3.05, 3.63) is 34.3 Å². The van der Waals surface area contributed by atoms with Crippen LogP contribution in [0, 0.1) is 0 Å². The summed E-state index contributed by atoms with van der Waals surface area (Å²) in [5, 5.41) is 10.4. The van der Waals surface area contributed by atoms with Gasteiger partial charge in [0, 0.05) is 16.6 Å². The van der Waals surface area contributed by atoms with E-state index < -0.39 is 0 Å². The summed E-state index contributed by atoms with van der Waals surface area (Å²) in [5.41, 5.74) is 1.18. The maximum absolute atomic E-state index is 9.83. The number of hydrogen-bond acceptors (Lipinski definition) is 2. The molecule has 0 saturated heterocycles. The van der Waals surface area contributed by atoms with Crippen LogP contribution in [0.2, 0.25) is 0 Å². The van der Waals surface area contributed by atoms with Crippen LogP contribution in [0.15, 0.2) is 28.7 Å². The fraction of sp³-hybridized carbons (Fsp3) is 0.500. The van der Waals surface area contributed by atoms with Crippen molar-refractivity contribution < 1.29 is 5.11 Å². The molecule has 15 heavy (non-hydrogen) atoms. The van der Waals surface area contributed by atoms with Crippen LogP contribution in [-0.4, -0.2) is 22.2 Å². The lowest BCUT2D eigenvalue weighted by Crippen LogP contribution is -2.15. The first-order valence-electron chi connectivity index (χ1n) is 5.12. The second-order valence-corrected chi connectivity index (χ2v) is 6.30. The third-order valence-electron chi connectivity index (χ3n) is 2.04. The van der Waals surface area contributed by atoms with Gasteiger partial charge in [0.05, 0.1) is 6.10 Å². The topological polar surface area (TPSA) is 20.2 Å². The second-order valence-electron chi connectivity index (χ2n) is 3.83. The molecule has 3 heteroatoms. The number of benzene rings is 1. The molecule has 84 valence electrons. The first kappa shape index (κ1) is 13.1. The number of hydrogen-bond donors (Lipinski definition) is 1. The van der Waals surface area contributed by atoms with Gasteiger partial charge in [-0.2, -0.15) is 11.8 Å². The number of thioether (sulfide) groups is 1. The van der Waals surface area contributed by atoms with Gasteiger partial charge in [0.2, 0.25) is 0 Å². The van der Waals surface area contributed by atoms with Crippen LogP contribution in [-0.2, 0) is 6.42 Å². The van der Waals surface area contributed by atoms with Crippen LogP contribution in [0.3, 0.4) is 0 Å². The summed E-state index contributed by atoms with van der Waals surface area (Å²) >= 11 is 5.29. The van der Waals surface area contributed by atoms with Gasteiger partial charge < -0.3 is 5.11 Å². The molecule has 1 unspecified atom stereocenters. The zero-order valence-electron chi connectivity index (χ0n) is 9.11. The van der Waals surface area contributed by atoms with E-state index in [0.717, 1.165) is 16.6 Å². The first-order chi connectivity index (χ1) is 7.09. The van der Waals surface area contributed by atoms with E-state index in [4.69, 9.17) is 0 Å². The van der Waals surface area contributed by atoms with E-state index in [1.165, 1.54) is 5.56 Å². The van der Waals surface area contributed by atoms with E-state index in [1.807, 2.05) is 24.3 Å². The molecule has 0 aromatic heterocycles. The second kappa shape index (κ2) is 6.56. The summed E-state index contributed by atoms with van der Waals surface area (Å²) in [7, 11) is 0. The van der Waals surface area contributed by atoms with Crippen molar-refractivity contribution in [1.29, 1.82) is 0 Å². The Kier molecular flexibility index (Phi) is 5.72. The van der Waals surface area contributed by atoms with Gasteiger partial charge >= 0.3 is 0 Å². The summed E-state index contributed by atoms with van der Waals surface area (Å²) in [6, 6.07) is 8.05. The zero-order chi connectivity index (χ0) is 11.3. The highest BCUT2D eigenvalue weighted by Crippen LogP contribution is 2.19. The fourth-order valence-corrected chi connectivity index (χ4v) is 2.45. The molecule has 0 aliphatic heterocycles. The maximum Gasteiger partial charge on any atom is 0.0671 e. The third kappa shape index (κ3) is 5.05. The predicted molar refractivity (Wildman–Crippen MR) is 71.4 cm³/mol. The number of aliphatic hydroxyl groups excluding tert-OH is 1. The number of rotatable bonds is 5. The first-order valence-corrected chi connectivity index (χ1v) is 6.97. The average molecular weight is 289 g/mol. The van der Waals surface area contributed by atoms with Crippen LogP contribution >= 0.6 is 27.7 Å². The van der Waals surface area contributed by atoms with Gasteiger partial charge in [0.15, 0.2) is 0 Å². The standard InChI is InChI=1S/C12H17BrOS/c1-9(2)15-8-11(14)7-10-5-3-4-6-12(10)13/h3-6,9,11,14H,7-8H2,1-2H3. The molecule has 0 bridgehead atoms. The SMILES string of the molecule is CC(C)SCC(O)Cc1ccccc1Br. The molecule has 0 amide bonds. The predicted octanol–water partition coefficient (Wildman–Crippen LogP) is 3.49. The summed E-state index contributed by atoms with van der Waals surface area (Å²) in [4.78, 5) is 0. The van der Waals surface area contributed by atoms with Crippen molar-refractivity contribution >= 4 is 27.7 Å². The molecule has 0 heterocycles. The Morgan fingerprint density at radius 3 is 2.60 bits per heavy atom. The molecule has 1 rings (SSSR count). The minimum Gasteiger partial charge on any atom is -0.392 e. The molecule has 1 nitrogen and oxygen atoms in total. The van der Waals surface area contributed by atoms with Gasteiger partial charge in [-0.15, -0.1) is 0 Å². The molecule has 0 spiro atoms. The molecular formula is C12H17BrOS. The van der Waals surface area contributed by atoms with E-state index >= 15 is 0 Å². The highest BCUT2D eigenvalue weighted by Gasteiger charge is 2.08. The van der Waals surface area contributed by atoms with Crippen molar-refractivity contribution in [3.8, 4) is 0 Å². The summed E-state index contributed by atoms with van der Waals surface area (Å²) in [5.74, 6) is 0.805. The Balaban J connectivity index is 2.44. The molecular weight excluding hydrogens is 272 g/mol. The number of halogens is 1. The fourth-order valence-electron chi connectivity index (χ4n) is 1.28. The van der Waals surface area contributed by atoms with Gasteiger partial charge in [-0.3, -0.25) is 0 Å². The Morgan fingerprint density at radius 2 is 2.00 bits per heavy atom. The molecule has 0 radical (unpaired) electrons. The van der Waals surface area contributed by atoms with Crippen LogP contribution in [0.5, 0.6) is 0 Å². The zero-order valence-corrected chi connectivity index (χ0v) is 11.5. The largest absolute Gasteiger partial charge is 0.392 e. The van der Waals surface area contributed by atoms with Crippen LogP contribution in [0.25, 0.3) is 0 Å². The lowest BCUT2D eigenvalue weighted by Gasteiger charge is -2.12. The van der Waals surface area contributed by atoms with Crippen molar-refractivity contribution in [1.82, 2.24) is 0 Å². The minimum atomic E-state index is -0.254. The Hall–Kier alpha value is 0.01000. The van der Waals surface area contributed by atoms with Crippen LogP contribution in [0.4, 0.5) is 0 Å². The van der Waals surface area contributed by atoms with E-state index in [2.05, 4.69) is 29.8 Å². The maximum atomic E-state index is 9.83. The van der Waals surface area contributed by atoms with Crippen molar-refractivity contribution in [2.75, 3.05) is 5.75 Å². The van der Waals surface area contributed by atoms with Crippen molar-refractivity contribution in [2.45, 2.75) is 31.6 Å². The van der Waals surface area contributed by atoms with E-state index in [1.54, 1.807) is 11.8 Å². The molecule has 1 atom stereocenters. The Morgan fingerprint density at radius 1 is 1.33 bits per heavy atom. The summed E-state index contributed by atoms with van der Waals surface area (Å²) in [6.45, 7) is 4.30. The number of aliphatic hydroxyl groups is 1. The van der Waals surface area contributed by atoms with Gasteiger partial charge in [-0.05, 0) is 16.9 Å². The Labute approximate surface area is 104 Å². The monoisotopic (exact) mass is 288 g/mol. The Bertz CT molecular complexity index is 301. The lowest BCUT2D eigenvalue weighted by atomic mass is 10.1. The molecule has 1 aromatic rings. The average Bonchev–Trinajstić information content (AvgIpc) is 2.18. The summed E-state index contributed by atoms with van der Waals surface area (Å²) in [6.07, 6.45) is 0.470. The van der Waals surface area contributed by atoms with E-state index in [9.17, 15) is 5.11 Å². The highest BCUT2D eigenvalue weighted by molar-refractivity contribution is 9.10. The van der Waals surface area contributed by atoms with Gasteiger partial charge in [0.25, 0.3) is 0 Å². The van der Waals surface area contributed by atoms with E-state index in [0.29, 0.717) is 5.25 Å².